The Labute approximate surface area is 181 Å². The number of imidazole rings is 1. The van der Waals surface area contributed by atoms with Crippen LogP contribution < -0.4 is 5.14 Å². The molecule has 1 heterocycles. The van der Waals surface area contributed by atoms with E-state index in [9.17, 15) is 13.2 Å². The molecule has 0 bridgehead atoms. The van der Waals surface area contributed by atoms with Crippen LogP contribution in [0.15, 0.2) is 34.3 Å². The van der Waals surface area contributed by atoms with Crippen LogP contribution in [-0.4, -0.2) is 23.8 Å². The Morgan fingerprint density at radius 2 is 1.87 bits per heavy atom. The van der Waals surface area contributed by atoms with Crippen LogP contribution >= 0.6 is 11.8 Å². The summed E-state index contributed by atoms with van der Waals surface area (Å²) >= 11 is 1.59. The second-order valence-electron chi connectivity index (χ2n) is 7.58. The molecule has 0 spiro atoms. The first kappa shape index (κ1) is 22.5. The lowest BCUT2D eigenvalue weighted by Crippen LogP contribution is -2.11. The van der Waals surface area contributed by atoms with Gasteiger partial charge in [-0.3, -0.25) is 4.79 Å². The summed E-state index contributed by atoms with van der Waals surface area (Å²) in [6, 6.07) is 6.87. The molecule has 0 fully saturated rings. The highest BCUT2D eigenvalue weighted by molar-refractivity contribution is 7.98. The van der Waals surface area contributed by atoms with E-state index in [0.29, 0.717) is 11.3 Å². The molecule has 3 rings (SSSR count). The van der Waals surface area contributed by atoms with E-state index in [1.54, 1.807) is 24.8 Å². The molecule has 1 aromatic heterocycles. The van der Waals surface area contributed by atoms with Crippen molar-refractivity contribution in [3.63, 3.8) is 0 Å². The number of rotatable bonds is 7. The summed E-state index contributed by atoms with van der Waals surface area (Å²) in [6.45, 7) is 10.5. The molecule has 0 aliphatic heterocycles. The lowest BCUT2D eigenvalue weighted by atomic mass is 9.92. The van der Waals surface area contributed by atoms with Gasteiger partial charge >= 0.3 is 0 Å². The van der Waals surface area contributed by atoms with Gasteiger partial charge in [0.15, 0.2) is 10.9 Å². The number of nitrogens with zero attached hydrogens (tertiary/aromatic N) is 2. The van der Waals surface area contributed by atoms with Gasteiger partial charge in [-0.15, -0.1) is 0 Å². The van der Waals surface area contributed by atoms with E-state index in [0.717, 1.165) is 51.5 Å². The number of nitrogens with two attached hydrogens (primary N) is 1. The van der Waals surface area contributed by atoms with E-state index in [1.165, 1.54) is 12.1 Å². The maximum absolute atomic E-state index is 12.1. The first-order valence-electron chi connectivity index (χ1n) is 9.81. The van der Waals surface area contributed by atoms with Crippen molar-refractivity contribution in [2.24, 2.45) is 5.14 Å². The van der Waals surface area contributed by atoms with Crippen LogP contribution in [0.2, 0.25) is 0 Å². The third kappa shape index (κ3) is 4.31. The summed E-state index contributed by atoms with van der Waals surface area (Å²) in [7, 11) is -3.78. The predicted molar refractivity (Wildman–Crippen MR) is 122 cm³/mol. The van der Waals surface area contributed by atoms with Crippen LogP contribution in [0, 0.1) is 20.8 Å². The molecule has 0 aliphatic carbocycles. The Hall–Kier alpha value is -2.16. The number of aryl methyl sites for hydroxylation is 3. The molecule has 0 radical (unpaired) electrons. The monoisotopic (exact) mass is 445 g/mol. The molecule has 0 saturated heterocycles. The number of carbonyl (C=O) groups is 1. The third-order valence-electron chi connectivity index (χ3n) is 5.29. The van der Waals surface area contributed by atoms with E-state index in [-0.39, 0.29) is 10.7 Å². The number of fused-ring (bicyclic) bond motifs is 1. The Bertz CT molecular complexity index is 1240. The summed E-state index contributed by atoms with van der Waals surface area (Å²) in [5, 5.41) is 6.10. The number of ketones is 1. The summed E-state index contributed by atoms with van der Waals surface area (Å²) in [5.74, 6) is 0.748. The second-order valence-corrected chi connectivity index (χ2v) is 10.1. The van der Waals surface area contributed by atoms with Crippen LogP contribution in [-0.2, 0) is 22.3 Å². The van der Waals surface area contributed by atoms with Gasteiger partial charge in [0, 0.05) is 17.9 Å². The number of primary sulfonamides is 1. The molecule has 30 heavy (non-hydrogen) atoms. The van der Waals surface area contributed by atoms with Gasteiger partial charge in [0.1, 0.15) is 0 Å². The fourth-order valence-electron chi connectivity index (χ4n) is 3.94. The number of carbonyl (C=O) groups excluding carboxylic acids is 1. The molecule has 0 saturated carbocycles. The van der Waals surface area contributed by atoms with Gasteiger partial charge in [-0.05, 0) is 74.6 Å². The maximum Gasteiger partial charge on any atom is 0.238 e. The van der Waals surface area contributed by atoms with Gasteiger partial charge in [-0.2, -0.15) is 0 Å². The SMILES string of the molecule is CCCn1c(SCc2c(C)cc(C)c(C(C)=O)c2C)nc2cc(S(N)(=O)=O)ccc21. The van der Waals surface area contributed by atoms with Crippen molar-refractivity contribution in [1.82, 2.24) is 9.55 Å². The van der Waals surface area contributed by atoms with Crippen LogP contribution in [0.4, 0.5) is 0 Å². The molecule has 2 N–H and O–H groups in total. The van der Waals surface area contributed by atoms with Gasteiger partial charge in [0.2, 0.25) is 10.0 Å². The third-order valence-corrected chi connectivity index (χ3v) is 7.20. The van der Waals surface area contributed by atoms with Crippen molar-refractivity contribution in [3.05, 3.63) is 52.1 Å². The smallest absolute Gasteiger partial charge is 0.238 e. The minimum absolute atomic E-state index is 0.0593. The Morgan fingerprint density at radius 1 is 1.17 bits per heavy atom. The van der Waals surface area contributed by atoms with Crippen LogP contribution in [0.1, 0.15) is 52.9 Å². The normalized spacial score (nSPS) is 11.9. The molecular weight excluding hydrogens is 418 g/mol. The van der Waals surface area contributed by atoms with Crippen LogP contribution in [0.5, 0.6) is 0 Å². The maximum atomic E-state index is 12.1. The van der Waals surface area contributed by atoms with E-state index in [2.05, 4.69) is 24.5 Å². The molecule has 6 nitrogen and oxygen atoms in total. The number of aromatic nitrogens is 2. The second kappa shape index (κ2) is 8.53. The molecule has 0 aliphatic rings. The van der Waals surface area contributed by atoms with Gasteiger partial charge in [-0.25, -0.2) is 18.5 Å². The Kier molecular flexibility index (Phi) is 6.40. The number of Topliss-reactive ketones (excluding diaryl/α,β-unsaturated/α-hetero) is 1. The van der Waals surface area contributed by atoms with Crippen molar-refractivity contribution < 1.29 is 13.2 Å². The predicted octanol–water partition coefficient (Wildman–Crippen LogP) is 4.51. The Morgan fingerprint density at radius 3 is 2.47 bits per heavy atom. The van der Waals surface area contributed by atoms with Crippen molar-refractivity contribution in [3.8, 4) is 0 Å². The van der Waals surface area contributed by atoms with Gasteiger partial charge in [-0.1, -0.05) is 24.8 Å². The zero-order chi connectivity index (χ0) is 22.2. The van der Waals surface area contributed by atoms with Crippen molar-refractivity contribution in [1.29, 1.82) is 0 Å². The number of sulfonamides is 1. The Balaban J connectivity index is 2.03. The van der Waals surface area contributed by atoms with Crippen LogP contribution in [0.3, 0.4) is 0 Å². The summed E-state index contributed by atoms with van der Waals surface area (Å²) in [6.07, 6.45) is 0.924. The highest BCUT2D eigenvalue weighted by Gasteiger charge is 2.18. The molecule has 160 valence electrons. The molecule has 0 amide bonds. The van der Waals surface area contributed by atoms with Crippen molar-refractivity contribution >= 4 is 38.6 Å². The van der Waals surface area contributed by atoms with Crippen molar-refractivity contribution in [2.75, 3.05) is 0 Å². The first-order chi connectivity index (χ1) is 14.0. The van der Waals surface area contributed by atoms with Crippen molar-refractivity contribution in [2.45, 2.75) is 63.4 Å². The molecular formula is C22H27N3O3S2. The highest BCUT2D eigenvalue weighted by Crippen LogP contribution is 2.32. The van der Waals surface area contributed by atoms with E-state index in [1.807, 2.05) is 13.8 Å². The summed E-state index contributed by atoms with van der Waals surface area (Å²) < 4.78 is 25.5. The molecule has 0 atom stereocenters. The molecule has 2 aromatic carbocycles. The average Bonchev–Trinajstić information content (AvgIpc) is 2.97. The highest BCUT2D eigenvalue weighted by atomic mass is 32.2. The van der Waals surface area contributed by atoms with E-state index < -0.39 is 10.0 Å². The first-order valence-corrected chi connectivity index (χ1v) is 12.3. The average molecular weight is 446 g/mol. The fourth-order valence-corrected chi connectivity index (χ4v) is 5.70. The number of hydrogen-bond acceptors (Lipinski definition) is 5. The van der Waals surface area contributed by atoms with E-state index in [4.69, 9.17) is 10.1 Å². The minimum atomic E-state index is -3.78. The molecule has 8 heteroatoms. The molecule has 3 aromatic rings. The number of thioether (sulfide) groups is 1. The topological polar surface area (TPSA) is 95.0 Å². The number of benzene rings is 2. The zero-order valence-corrected chi connectivity index (χ0v) is 19.6. The number of hydrogen-bond donors (Lipinski definition) is 1. The van der Waals surface area contributed by atoms with Gasteiger partial charge < -0.3 is 4.57 Å². The zero-order valence-electron chi connectivity index (χ0n) is 17.9. The lowest BCUT2D eigenvalue weighted by Gasteiger charge is -2.16. The quantitative estimate of drug-likeness (QED) is 0.426. The van der Waals surface area contributed by atoms with Crippen LogP contribution in [0.25, 0.3) is 11.0 Å². The lowest BCUT2D eigenvalue weighted by molar-refractivity contribution is 0.101. The van der Waals surface area contributed by atoms with Gasteiger partial charge in [0.05, 0.1) is 15.9 Å². The van der Waals surface area contributed by atoms with Gasteiger partial charge in [0.25, 0.3) is 0 Å². The molecule has 0 unspecified atom stereocenters. The largest absolute Gasteiger partial charge is 0.319 e. The fraction of sp³-hybridized carbons (Fsp3) is 0.364. The minimum Gasteiger partial charge on any atom is -0.319 e. The van der Waals surface area contributed by atoms with E-state index >= 15 is 0 Å². The summed E-state index contributed by atoms with van der Waals surface area (Å²) in [4.78, 5) is 16.9. The standard InChI is InChI=1S/C22H27N3O3S2/c1-6-9-25-20-8-7-17(30(23,27)28)11-19(20)24-22(25)29-12-18-13(2)10-14(3)21(15(18)4)16(5)26/h7-8,10-11H,6,9,12H2,1-5H3,(H2,23,27,28). The summed E-state index contributed by atoms with van der Waals surface area (Å²) in [5.41, 5.74) is 6.58.